The molecule has 0 atom stereocenters. The first-order valence-corrected chi connectivity index (χ1v) is 6.28. The van der Waals surface area contributed by atoms with Crippen molar-refractivity contribution in [3.05, 3.63) is 41.4 Å². The molecule has 0 amide bonds. The van der Waals surface area contributed by atoms with E-state index in [1.165, 1.54) is 0 Å². The zero-order valence-corrected chi connectivity index (χ0v) is 10.9. The van der Waals surface area contributed by atoms with E-state index < -0.39 is 0 Å². The van der Waals surface area contributed by atoms with Crippen LogP contribution in [0.3, 0.4) is 0 Å². The van der Waals surface area contributed by atoms with E-state index in [1.54, 1.807) is 0 Å². The Morgan fingerprint density at radius 3 is 2.94 bits per heavy atom. The molecule has 0 aromatic heterocycles. The molecule has 1 rings (SSSR count). The number of allylic oxidation sites excluding steroid dienone is 1. The van der Waals surface area contributed by atoms with Gasteiger partial charge in [-0.1, -0.05) is 17.7 Å². The summed E-state index contributed by atoms with van der Waals surface area (Å²) in [6.45, 7) is 7.38. The molecule has 94 valence electrons. The number of ether oxygens (including phenoxy) is 1. The molecule has 0 saturated carbocycles. The van der Waals surface area contributed by atoms with E-state index in [-0.39, 0.29) is 0 Å². The van der Waals surface area contributed by atoms with E-state index in [0.29, 0.717) is 6.61 Å². The predicted molar refractivity (Wildman–Crippen MR) is 70.3 cm³/mol. The highest BCUT2D eigenvalue weighted by molar-refractivity contribution is 6.30. The highest BCUT2D eigenvalue weighted by atomic mass is 35.5. The van der Waals surface area contributed by atoms with Gasteiger partial charge >= 0.3 is 0 Å². The summed E-state index contributed by atoms with van der Waals surface area (Å²) >= 11 is 5.95. The summed E-state index contributed by atoms with van der Waals surface area (Å²) in [7, 11) is 0. The molecule has 0 unspecified atom stereocenters. The van der Waals surface area contributed by atoms with Crippen molar-refractivity contribution in [2.24, 2.45) is 0 Å². The van der Waals surface area contributed by atoms with Gasteiger partial charge in [-0.15, -0.1) is 6.58 Å². The molecule has 0 fully saturated rings. The van der Waals surface area contributed by atoms with Crippen LogP contribution >= 0.6 is 11.6 Å². The summed E-state index contributed by atoms with van der Waals surface area (Å²) in [5.41, 5.74) is 4.88. The minimum Gasteiger partial charge on any atom is -0.487 e. The molecular weight excluding hydrogens is 236 g/mol. The molecule has 0 aliphatic carbocycles. The molecule has 1 aromatic rings. The Kier molecular flexibility index (Phi) is 6.70. The van der Waals surface area contributed by atoms with Crippen LogP contribution in [0, 0.1) is 0 Å². The number of hydrogen-bond acceptors (Lipinski definition) is 1. The fourth-order valence-electron chi connectivity index (χ4n) is 1.54. The molecule has 17 heavy (non-hydrogen) atoms. The lowest BCUT2D eigenvalue weighted by molar-refractivity contribution is -0.670. The van der Waals surface area contributed by atoms with Crippen LogP contribution in [-0.2, 0) is 6.42 Å². The summed E-state index contributed by atoms with van der Waals surface area (Å²) in [6.07, 6.45) is 2.63. The van der Waals surface area contributed by atoms with E-state index in [1.807, 2.05) is 24.3 Å². The van der Waals surface area contributed by atoms with Crippen LogP contribution in [0.15, 0.2) is 30.9 Å². The summed E-state index contributed by atoms with van der Waals surface area (Å²) in [4.78, 5) is 0. The third-order valence-corrected chi connectivity index (χ3v) is 2.61. The fraction of sp³-hybridized carbons (Fsp3) is 0.385. The van der Waals surface area contributed by atoms with Gasteiger partial charge in [0.1, 0.15) is 32.0 Å². The first-order valence-electron chi connectivity index (χ1n) is 5.91. The Morgan fingerprint density at radius 1 is 1.41 bits per heavy atom. The Morgan fingerprint density at radius 2 is 2.24 bits per heavy atom. The van der Waals surface area contributed by atoms with Crippen LogP contribution in [-0.4, -0.2) is 26.2 Å². The smallest absolute Gasteiger partial charge is 0.137 e. The van der Waals surface area contributed by atoms with Gasteiger partial charge in [-0.2, -0.15) is 0 Å². The zero-order chi connectivity index (χ0) is 12.5. The van der Waals surface area contributed by atoms with Crippen molar-refractivity contribution < 1.29 is 15.8 Å². The molecule has 0 bridgehead atoms. The summed E-state index contributed by atoms with van der Waals surface area (Å²) < 4.78 is 5.73. The first kappa shape index (κ1) is 14.0. The number of halogens is 1. The molecule has 3 nitrogen and oxygen atoms in total. The van der Waals surface area contributed by atoms with Crippen LogP contribution < -0.4 is 15.8 Å². The average molecular weight is 257 g/mol. The van der Waals surface area contributed by atoms with Gasteiger partial charge < -0.3 is 15.8 Å². The van der Waals surface area contributed by atoms with Gasteiger partial charge in [-0.05, 0) is 30.2 Å². The topological polar surface area (TPSA) is 53.5 Å². The number of nitrogens with two attached hydrogens (primary N) is 1. The van der Waals surface area contributed by atoms with Crippen molar-refractivity contribution in [3.8, 4) is 5.75 Å². The Hall–Kier alpha value is -1.03. The number of rotatable bonds is 8. The largest absolute Gasteiger partial charge is 0.487 e. The van der Waals surface area contributed by atoms with Gasteiger partial charge in [0, 0.05) is 5.02 Å². The van der Waals surface area contributed by atoms with Crippen molar-refractivity contribution in [1.82, 2.24) is 0 Å². The minimum absolute atomic E-state index is 0.700. The second kappa shape index (κ2) is 8.12. The third kappa shape index (κ3) is 5.22. The van der Waals surface area contributed by atoms with Gasteiger partial charge in [0.05, 0.1) is 0 Å². The molecular formula is C13H21ClN2O+2. The normalized spacial score (nSPS) is 10.2. The third-order valence-electron chi connectivity index (χ3n) is 2.37. The SMILES string of the molecule is C=CCc1cc(Cl)ccc1OCC[NH2+]CC[NH3+]. The van der Waals surface area contributed by atoms with Crippen molar-refractivity contribution in [1.29, 1.82) is 0 Å². The molecule has 0 saturated heterocycles. The molecule has 0 heterocycles. The minimum atomic E-state index is 0.700. The predicted octanol–water partition coefficient (Wildman–Crippen LogP) is 0.253. The van der Waals surface area contributed by atoms with E-state index in [4.69, 9.17) is 16.3 Å². The summed E-state index contributed by atoms with van der Waals surface area (Å²) in [5.74, 6) is 0.900. The Balaban J connectivity index is 2.48. The maximum Gasteiger partial charge on any atom is 0.137 e. The molecule has 0 radical (unpaired) electrons. The standard InChI is InChI=1S/C13H19ClN2O/c1-2-3-11-10-12(14)4-5-13(11)17-9-8-16-7-6-15/h2,4-5,10,16H,1,3,6-9,15H2/p+2. The van der Waals surface area contributed by atoms with E-state index in [2.05, 4.69) is 17.6 Å². The Bertz CT molecular complexity index is 355. The molecule has 5 N–H and O–H groups in total. The molecule has 0 aliphatic rings. The highest BCUT2D eigenvalue weighted by Gasteiger charge is 2.03. The van der Waals surface area contributed by atoms with Crippen molar-refractivity contribution in [2.45, 2.75) is 6.42 Å². The Labute approximate surface area is 108 Å². The van der Waals surface area contributed by atoms with E-state index >= 15 is 0 Å². The van der Waals surface area contributed by atoms with Gasteiger partial charge in [-0.25, -0.2) is 0 Å². The number of hydrogen-bond donors (Lipinski definition) is 2. The van der Waals surface area contributed by atoms with Crippen molar-refractivity contribution in [3.63, 3.8) is 0 Å². The number of benzene rings is 1. The summed E-state index contributed by atoms with van der Waals surface area (Å²) in [5, 5.41) is 2.94. The van der Waals surface area contributed by atoms with Crippen LogP contribution in [0.2, 0.25) is 5.02 Å². The van der Waals surface area contributed by atoms with Gasteiger partial charge in [0.15, 0.2) is 0 Å². The van der Waals surface area contributed by atoms with Crippen LogP contribution in [0.5, 0.6) is 5.75 Å². The second-order valence-electron chi connectivity index (χ2n) is 3.81. The molecule has 1 aromatic carbocycles. The quantitative estimate of drug-likeness (QED) is 0.509. The van der Waals surface area contributed by atoms with Crippen molar-refractivity contribution >= 4 is 11.6 Å². The maximum absolute atomic E-state index is 5.95. The van der Waals surface area contributed by atoms with E-state index in [9.17, 15) is 0 Å². The lowest BCUT2D eigenvalue weighted by atomic mass is 10.1. The summed E-state index contributed by atoms with van der Waals surface area (Å²) in [6, 6.07) is 5.70. The maximum atomic E-state index is 5.95. The molecule has 0 spiro atoms. The van der Waals surface area contributed by atoms with Crippen LogP contribution in [0.4, 0.5) is 0 Å². The van der Waals surface area contributed by atoms with Gasteiger partial charge in [-0.3, -0.25) is 0 Å². The van der Waals surface area contributed by atoms with Crippen molar-refractivity contribution in [2.75, 3.05) is 26.2 Å². The highest BCUT2D eigenvalue weighted by Crippen LogP contribution is 2.23. The fourth-order valence-corrected chi connectivity index (χ4v) is 1.74. The molecule has 4 heteroatoms. The second-order valence-corrected chi connectivity index (χ2v) is 4.25. The van der Waals surface area contributed by atoms with Gasteiger partial charge in [0.25, 0.3) is 0 Å². The van der Waals surface area contributed by atoms with Gasteiger partial charge in [0.2, 0.25) is 0 Å². The lowest BCUT2D eigenvalue weighted by Crippen LogP contribution is -2.88. The zero-order valence-electron chi connectivity index (χ0n) is 10.1. The lowest BCUT2D eigenvalue weighted by Gasteiger charge is -2.10. The van der Waals surface area contributed by atoms with E-state index in [0.717, 1.165) is 42.4 Å². The monoisotopic (exact) mass is 256 g/mol. The van der Waals surface area contributed by atoms with Crippen LogP contribution in [0.1, 0.15) is 5.56 Å². The average Bonchev–Trinajstić information content (AvgIpc) is 2.32. The molecule has 0 aliphatic heterocycles. The van der Waals surface area contributed by atoms with Crippen LogP contribution in [0.25, 0.3) is 0 Å². The first-order chi connectivity index (χ1) is 8.27. The number of quaternary nitrogens is 2.